The van der Waals surface area contributed by atoms with Crippen LogP contribution in [0.25, 0.3) is 5.69 Å². The molecule has 19 heavy (non-hydrogen) atoms. The number of para-hydroxylation sites is 1. The van der Waals surface area contributed by atoms with E-state index in [0.29, 0.717) is 23.6 Å². The van der Waals surface area contributed by atoms with Crippen molar-refractivity contribution in [2.24, 2.45) is 0 Å². The van der Waals surface area contributed by atoms with Crippen LogP contribution < -0.4 is 16.0 Å². The van der Waals surface area contributed by atoms with Crippen molar-refractivity contribution >= 4 is 0 Å². The molecule has 1 aromatic carbocycles. The van der Waals surface area contributed by atoms with Gasteiger partial charge in [0.2, 0.25) is 5.88 Å². The number of nitrogens with zero attached hydrogens (tertiary/aromatic N) is 1. The Balaban J connectivity index is 2.20. The van der Waals surface area contributed by atoms with Gasteiger partial charge in [-0.05, 0) is 18.6 Å². The van der Waals surface area contributed by atoms with Crippen molar-refractivity contribution in [3.8, 4) is 11.6 Å². The number of rotatable bonds is 2. The summed E-state index contributed by atoms with van der Waals surface area (Å²) in [6.07, 6.45) is 1.33. The molecule has 2 aromatic rings. The number of aromatic nitrogens is 2. The normalized spacial score (nSPS) is 17.0. The highest BCUT2D eigenvalue weighted by Gasteiger charge is 2.27. The van der Waals surface area contributed by atoms with Crippen molar-refractivity contribution < 1.29 is 4.74 Å². The fraction of sp³-hybridized carbons (Fsp3) is 0.286. The Hall–Kier alpha value is -2.30. The molecule has 0 saturated carbocycles. The third-order valence-electron chi connectivity index (χ3n) is 3.34. The van der Waals surface area contributed by atoms with E-state index in [-0.39, 0.29) is 11.7 Å². The smallest absolute Gasteiger partial charge is 0.335 e. The van der Waals surface area contributed by atoms with Crippen LogP contribution in [0.5, 0.6) is 5.88 Å². The van der Waals surface area contributed by atoms with E-state index in [2.05, 4.69) is 4.98 Å². The maximum atomic E-state index is 12.4. The second-order valence-corrected chi connectivity index (χ2v) is 4.57. The van der Waals surface area contributed by atoms with E-state index in [1.54, 1.807) is 24.3 Å². The topological polar surface area (TPSA) is 64.1 Å². The molecule has 1 aliphatic heterocycles. The number of hydrogen-bond donors (Lipinski definition) is 1. The Labute approximate surface area is 109 Å². The summed E-state index contributed by atoms with van der Waals surface area (Å²) in [6.45, 7) is 1.99. The molecular weight excluding hydrogens is 244 g/mol. The molecule has 0 radical (unpaired) electrons. The number of fused-ring (bicyclic) bond motifs is 1. The molecule has 0 amide bonds. The molecule has 0 saturated heterocycles. The Morgan fingerprint density at radius 1 is 1.32 bits per heavy atom. The van der Waals surface area contributed by atoms with Crippen LogP contribution in [0.3, 0.4) is 0 Å². The molecule has 0 unspecified atom stereocenters. The average molecular weight is 258 g/mol. The molecule has 0 bridgehead atoms. The third kappa shape index (κ3) is 1.87. The van der Waals surface area contributed by atoms with Crippen LogP contribution in [0.1, 0.15) is 18.9 Å². The van der Waals surface area contributed by atoms with Gasteiger partial charge in [0.05, 0.1) is 11.3 Å². The van der Waals surface area contributed by atoms with Crippen molar-refractivity contribution in [2.45, 2.75) is 25.9 Å². The van der Waals surface area contributed by atoms with Gasteiger partial charge in [0.1, 0.15) is 6.10 Å². The van der Waals surface area contributed by atoms with E-state index in [1.807, 2.05) is 13.0 Å². The van der Waals surface area contributed by atoms with Gasteiger partial charge in [-0.2, -0.15) is 0 Å². The van der Waals surface area contributed by atoms with Crippen LogP contribution in [0, 0.1) is 0 Å². The third-order valence-corrected chi connectivity index (χ3v) is 3.34. The molecule has 98 valence electrons. The fourth-order valence-electron chi connectivity index (χ4n) is 2.31. The lowest BCUT2D eigenvalue weighted by Crippen LogP contribution is -2.35. The van der Waals surface area contributed by atoms with Crippen molar-refractivity contribution in [3.05, 3.63) is 56.7 Å². The first-order valence-electron chi connectivity index (χ1n) is 6.31. The van der Waals surface area contributed by atoms with Crippen molar-refractivity contribution in [1.82, 2.24) is 9.55 Å². The molecule has 5 heteroatoms. The van der Waals surface area contributed by atoms with Crippen LogP contribution in [-0.4, -0.2) is 15.7 Å². The Morgan fingerprint density at radius 3 is 2.74 bits per heavy atom. The SMILES string of the molecule is CC[C@@H]1Cc2c([nH]c(=O)n(-c3ccccc3)c2=O)O1. The number of ether oxygens (including phenoxy) is 1. The van der Waals surface area contributed by atoms with Gasteiger partial charge in [-0.25, -0.2) is 9.36 Å². The molecule has 1 atom stereocenters. The Bertz CT molecular complexity index is 716. The summed E-state index contributed by atoms with van der Waals surface area (Å²) in [7, 11) is 0. The first kappa shape index (κ1) is 11.8. The monoisotopic (exact) mass is 258 g/mol. The minimum absolute atomic E-state index is 0.0232. The predicted octanol–water partition coefficient (Wildman–Crippen LogP) is 1.24. The minimum Gasteiger partial charge on any atom is -0.475 e. The van der Waals surface area contributed by atoms with Gasteiger partial charge < -0.3 is 4.74 Å². The standard InChI is InChI=1S/C14H14N2O3/c1-2-10-8-11-12(19-10)15-14(18)16(13(11)17)9-6-4-3-5-7-9/h3-7,10H,2,8H2,1H3,(H,15,18)/t10-/m1/s1. The zero-order valence-electron chi connectivity index (χ0n) is 10.6. The van der Waals surface area contributed by atoms with Gasteiger partial charge in [-0.3, -0.25) is 9.78 Å². The van der Waals surface area contributed by atoms with Crippen LogP contribution in [0.4, 0.5) is 0 Å². The second-order valence-electron chi connectivity index (χ2n) is 4.57. The maximum absolute atomic E-state index is 12.4. The summed E-state index contributed by atoms with van der Waals surface area (Å²) in [5.41, 5.74) is 0.361. The van der Waals surface area contributed by atoms with Gasteiger partial charge in [-0.1, -0.05) is 25.1 Å². The molecule has 0 spiro atoms. The van der Waals surface area contributed by atoms with Crippen molar-refractivity contribution in [1.29, 1.82) is 0 Å². The largest absolute Gasteiger partial charge is 0.475 e. The van der Waals surface area contributed by atoms with Gasteiger partial charge in [-0.15, -0.1) is 0 Å². The molecule has 0 fully saturated rings. The average Bonchev–Trinajstić information content (AvgIpc) is 2.83. The Kier molecular flexibility index (Phi) is 2.74. The van der Waals surface area contributed by atoms with Crippen molar-refractivity contribution in [2.75, 3.05) is 0 Å². The van der Waals surface area contributed by atoms with Crippen molar-refractivity contribution in [3.63, 3.8) is 0 Å². The Morgan fingerprint density at radius 2 is 2.05 bits per heavy atom. The highest BCUT2D eigenvalue weighted by atomic mass is 16.5. The van der Waals surface area contributed by atoms with Crippen LogP contribution in [-0.2, 0) is 6.42 Å². The highest BCUT2D eigenvalue weighted by Crippen LogP contribution is 2.23. The summed E-state index contributed by atoms with van der Waals surface area (Å²) in [4.78, 5) is 27.1. The quantitative estimate of drug-likeness (QED) is 0.881. The van der Waals surface area contributed by atoms with Crippen LogP contribution in [0.15, 0.2) is 39.9 Å². The van der Waals surface area contributed by atoms with Crippen LogP contribution in [0.2, 0.25) is 0 Å². The maximum Gasteiger partial charge on any atom is 0.335 e. The number of benzene rings is 1. The molecule has 1 N–H and O–H groups in total. The van der Waals surface area contributed by atoms with E-state index < -0.39 is 5.69 Å². The van der Waals surface area contributed by atoms with Gasteiger partial charge in [0, 0.05) is 6.42 Å². The summed E-state index contributed by atoms with van der Waals surface area (Å²) in [6, 6.07) is 8.89. The van der Waals surface area contributed by atoms with E-state index >= 15 is 0 Å². The highest BCUT2D eigenvalue weighted by molar-refractivity contribution is 5.36. The first-order chi connectivity index (χ1) is 9.20. The minimum atomic E-state index is -0.466. The van der Waals surface area contributed by atoms with Crippen LogP contribution >= 0.6 is 0 Å². The molecule has 0 aliphatic carbocycles. The zero-order valence-corrected chi connectivity index (χ0v) is 10.6. The number of H-pyrrole nitrogens is 1. The van der Waals surface area contributed by atoms with E-state index in [0.717, 1.165) is 11.0 Å². The van der Waals surface area contributed by atoms with Gasteiger partial charge in [0.15, 0.2) is 0 Å². The summed E-state index contributed by atoms with van der Waals surface area (Å²) < 4.78 is 6.69. The molecule has 5 nitrogen and oxygen atoms in total. The summed E-state index contributed by atoms with van der Waals surface area (Å²) in [5.74, 6) is 0.328. The summed E-state index contributed by atoms with van der Waals surface area (Å²) >= 11 is 0. The van der Waals surface area contributed by atoms with E-state index in [9.17, 15) is 9.59 Å². The molecule has 2 heterocycles. The lowest BCUT2D eigenvalue weighted by Gasteiger charge is -2.06. The molecule has 1 aliphatic rings. The van der Waals surface area contributed by atoms with Gasteiger partial charge >= 0.3 is 5.69 Å². The lowest BCUT2D eigenvalue weighted by molar-refractivity contribution is 0.220. The number of nitrogens with one attached hydrogen (secondary N) is 1. The zero-order chi connectivity index (χ0) is 13.4. The fourth-order valence-corrected chi connectivity index (χ4v) is 2.31. The summed E-state index contributed by atoms with van der Waals surface area (Å²) in [5, 5.41) is 0. The molecule has 3 rings (SSSR count). The molecular formula is C14H14N2O3. The van der Waals surface area contributed by atoms with Gasteiger partial charge in [0.25, 0.3) is 5.56 Å². The predicted molar refractivity (Wildman–Crippen MR) is 71.1 cm³/mol. The number of aromatic amines is 1. The lowest BCUT2D eigenvalue weighted by atomic mass is 10.1. The van der Waals surface area contributed by atoms with E-state index in [4.69, 9.17) is 4.74 Å². The number of hydrogen-bond acceptors (Lipinski definition) is 3. The first-order valence-corrected chi connectivity index (χ1v) is 6.31. The molecule has 1 aromatic heterocycles. The second kappa shape index (κ2) is 4.42. The van der Waals surface area contributed by atoms with E-state index in [1.165, 1.54) is 0 Å².